The van der Waals surface area contributed by atoms with Gasteiger partial charge in [-0.05, 0) is 19.3 Å². The van der Waals surface area contributed by atoms with Gasteiger partial charge in [0.1, 0.15) is 0 Å². The molecule has 0 aliphatic carbocycles. The van der Waals surface area contributed by atoms with E-state index < -0.39 is 28.1 Å². The Hall–Kier alpha value is -1.03. The molecule has 6 nitrogen and oxygen atoms in total. The Kier molecular flexibility index (Phi) is 6.26. The third-order valence-electron chi connectivity index (χ3n) is 3.17. The summed E-state index contributed by atoms with van der Waals surface area (Å²) in [5.74, 6) is -1.47. The lowest BCUT2D eigenvalue weighted by Gasteiger charge is -2.33. The van der Waals surface area contributed by atoms with Crippen LogP contribution in [-0.4, -0.2) is 58.0 Å². The molecule has 2 amide bonds. The van der Waals surface area contributed by atoms with Crippen molar-refractivity contribution in [3.63, 3.8) is 0 Å². The molecule has 0 spiro atoms. The third kappa shape index (κ3) is 6.98. The van der Waals surface area contributed by atoms with Crippen molar-refractivity contribution in [1.82, 2.24) is 14.9 Å². The fourth-order valence-corrected chi connectivity index (χ4v) is 2.60. The van der Waals surface area contributed by atoms with E-state index in [0.717, 1.165) is 11.2 Å². The smallest absolute Gasteiger partial charge is 0.338 e. The van der Waals surface area contributed by atoms with Gasteiger partial charge in [-0.1, -0.05) is 0 Å². The van der Waals surface area contributed by atoms with Gasteiger partial charge >= 0.3 is 12.2 Å². The van der Waals surface area contributed by atoms with Crippen molar-refractivity contribution in [3.05, 3.63) is 0 Å². The minimum Gasteiger partial charge on any atom is -0.338 e. The summed E-state index contributed by atoms with van der Waals surface area (Å²) in [4.78, 5) is 12.9. The summed E-state index contributed by atoms with van der Waals surface area (Å²) in [5.41, 5.74) is 0. The molecule has 124 valence electrons. The minimum atomic E-state index is -4.28. The van der Waals surface area contributed by atoms with Gasteiger partial charge in [0.25, 0.3) is 0 Å². The van der Waals surface area contributed by atoms with Crippen LogP contribution >= 0.6 is 0 Å². The Bertz CT molecular complexity index is 453. The van der Waals surface area contributed by atoms with Gasteiger partial charge in [0.05, 0.1) is 12.2 Å². The second kappa shape index (κ2) is 7.30. The van der Waals surface area contributed by atoms with E-state index in [-0.39, 0.29) is 26.1 Å². The number of likely N-dealkylation sites (tertiary alicyclic amines) is 1. The lowest BCUT2D eigenvalue weighted by Crippen LogP contribution is -2.48. The number of carbonyl (C=O) groups is 1. The Labute approximate surface area is 122 Å². The van der Waals surface area contributed by atoms with Crippen LogP contribution in [0, 0.1) is 5.92 Å². The maximum Gasteiger partial charge on any atom is 0.393 e. The van der Waals surface area contributed by atoms with E-state index >= 15 is 0 Å². The molecule has 2 N–H and O–H groups in total. The van der Waals surface area contributed by atoms with Gasteiger partial charge in [0.2, 0.25) is 10.0 Å². The standard InChI is InChI=1S/C11H20F3N3O3S/c1-21(19,20)16-6-3-5-15-10(18)17-7-2-4-9(8-17)11(12,13)14/h9,16H,2-8H2,1H3,(H,15,18)/t9-/m1/s1. The van der Waals surface area contributed by atoms with E-state index in [1.807, 2.05) is 0 Å². The molecule has 0 aromatic carbocycles. The minimum absolute atomic E-state index is 0.0472. The highest BCUT2D eigenvalue weighted by atomic mass is 32.2. The second-order valence-corrected chi connectivity index (χ2v) is 6.91. The molecule has 0 unspecified atom stereocenters. The Balaban J connectivity index is 2.29. The molecule has 21 heavy (non-hydrogen) atoms. The number of alkyl halides is 3. The highest BCUT2D eigenvalue weighted by molar-refractivity contribution is 7.88. The maximum atomic E-state index is 12.6. The van der Waals surface area contributed by atoms with Crippen molar-refractivity contribution >= 4 is 16.1 Å². The molecular formula is C11H20F3N3O3S. The molecule has 0 radical (unpaired) electrons. The number of hydrogen-bond donors (Lipinski definition) is 2. The number of rotatable bonds is 5. The molecule has 1 saturated heterocycles. The van der Waals surface area contributed by atoms with Crippen LogP contribution in [0.25, 0.3) is 0 Å². The van der Waals surface area contributed by atoms with Crippen LogP contribution in [0.1, 0.15) is 19.3 Å². The molecule has 1 aliphatic rings. The number of nitrogens with one attached hydrogen (secondary N) is 2. The molecule has 1 atom stereocenters. The fourth-order valence-electron chi connectivity index (χ4n) is 2.08. The predicted octanol–water partition coefficient (Wildman–Crippen LogP) is 0.910. The van der Waals surface area contributed by atoms with E-state index in [9.17, 15) is 26.4 Å². The SMILES string of the molecule is CS(=O)(=O)NCCCNC(=O)N1CCC[C@@H](C(F)(F)F)C1. The lowest BCUT2D eigenvalue weighted by atomic mass is 9.98. The first kappa shape index (κ1) is 18.0. The summed E-state index contributed by atoms with van der Waals surface area (Å²) in [6.45, 7) is 0.357. The van der Waals surface area contributed by atoms with Gasteiger partial charge in [0, 0.05) is 26.2 Å². The molecule has 0 aromatic heterocycles. The summed E-state index contributed by atoms with van der Waals surface area (Å²) in [5, 5.41) is 2.50. The van der Waals surface area contributed by atoms with Gasteiger partial charge in [0.15, 0.2) is 0 Å². The molecule has 1 aliphatic heterocycles. The van der Waals surface area contributed by atoms with Crippen LogP contribution in [0.3, 0.4) is 0 Å². The van der Waals surface area contributed by atoms with Crippen LogP contribution in [0.4, 0.5) is 18.0 Å². The summed E-state index contributed by atoms with van der Waals surface area (Å²) >= 11 is 0. The van der Waals surface area contributed by atoms with Gasteiger partial charge in [-0.25, -0.2) is 17.9 Å². The van der Waals surface area contributed by atoms with Crippen LogP contribution in [0.5, 0.6) is 0 Å². The zero-order valence-corrected chi connectivity index (χ0v) is 12.6. The summed E-state index contributed by atoms with van der Waals surface area (Å²) in [6, 6.07) is -0.539. The number of halogens is 3. The predicted molar refractivity (Wildman–Crippen MR) is 71.2 cm³/mol. The molecule has 1 fully saturated rings. The number of sulfonamides is 1. The molecule has 1 rings (SSSR count). The quantitative estimate of drug-likeness (QED) is 0.735. The summed E-state index contributed by atoms with van der Waals surface area (Å²) < 4.78 is 61.7. The van der Waals surface area contributed by atoms with Crippen molar-refractivity contribution in [2.75, 3.05) is 32.4 Å². The van der Waals surface area contributed by atoms with Gasteiger partial charge in [-0.2, -0.15) is 13.2 Å². The van der Waals surface area contributed by atoms with E-state index in [2.05, 4.69) is 10.0 Å². The first-order valence-corrected chi connectivity index (χ1v) is 8.53. The molecule has 10 heteroatoms. The number of amides is 2. The van der Waals surface area contributed by atoms with Crippen molar-refractivity contribution in [3.8, 4) is 0 Å². The molecular weight excluding hydrogens is 311 g/mol. The Morgan fingerprint density at radius 1 is 1.33 bits per heavy atom. The van der Waals surface area contributed by atoms with E-state index in [4.69, 9.17) is 0 Å². The van der Waals surface area contributed by atoms with Crippen molar-refractivity contribution in [1.29, 1.82) is 0 Å². The number of carbonyl (C=O) groups excluding carboxylic acids is 1. The van der Waals surface area contributed by atoms with Crippen molar-refractivity contribution in [2.24, 2.45) is 5.92 Å². The van der Waals surface area contributed by atoms with Crippen molar-refractivity contribution < 1.29 is 26.4 Å². The summed E-state index contributed by atoms with van der Waals surface area (Å²) in [7, 11) is -3.27. The molecule has 0 saturated carbocycles. The number of piperidine rings is 1. The maximum absolute atomic E-state index is 12.6. The fraction of sp³-hybridized carbons (Fsp3) is 0.909. The third-order valence-corrected chi connectivity index (χ3v) is 3.89. The normalized spacial score (nSPS) is 20.4. The Morgan fingerprint density at radius 2 is 2.00 bits per heavy atom. The number of nitrogens with zero attached hydrogens (tertiary/aromatic N) is 1. The Morgan fingerprint density at radius 3 is 2.57 bits per heavy atom. The topological polar surface area (TPSA) is 78.5 Å². The molecule has 0 aromatic rings. The summed E-state index contributed by atoms with van der Waals surface area (Å²) in [6.07, 6.45) is -2.51. The van der Waals surface area contributed by atoms with Crippen LogP contribution < -0.4 is 10.0 Å². The van der Waals surface area contributed by atoms with Gasteiger partial charge in [-0.15, -0.1) is 0 Å². The molecule has 0 bridgehead atoms. The number of urea groups is 1. The van der Waals surface area contributed by atoms with Crippen LogP contribution in [-0.2, 0) is 10.0 Å². The highest BCUT2D eigenvalue weighted by Gasteiger charge is 2.42. The lowest BCUT2D eigenvalue weighted by molar-refractivity contribution is -0.183. The van der Waals surface area contributed by atoms with Crippen molar-refractivity contribution in [2.45, 2.75) is 25.4 Å². The first-order valence-electron chi connectivity index (χ1n) is 6.64. The zero-order valence-electron chi connectivity index (χ0n) is 11.7. The van der Waals surface area contributed by atoms with E-state index in [0.29, 0.717) is 19.4 Å². The zero-order chi connectivity index (χ0) is 16.1. The monoisotopic (exact) mass is 331 g/mol. The van der Waals surface area contributed by atoms with Gasteiger partial charge in [-0.3, -0.25) is 0 Å². The average Bonchev–Trinajstić information content (AvgIpc) is 2.36. The van der Waals surface area contributed by atoms with E-state index in [1.54, 1.807) is 0 Å². The van der Waals surface area contributed by atoms with Gasteiger partial charge < -0.3 is 10.2 Å². The first-order chi connectivity index (χ1) is 9.59. The average molecular weight is 331 g/mol. The molecule has 1 heterocycles. The second-order valence-electron chi connectivity index (χ2n) is 5.08. The van der Waals surface area contributed by atoms with E-state index in [1.165, 1.54) is 0 Å². The highest BCUT2D eigenvalue weighted by Crippen LogP contribution is 2.32. The van der Waals surface area contributed by atoms with Crippen LogP contribution in [0.15, 0.2) is 0 Å². The van der Waals surface area contributed by atoms with Crippen LogP contribution in [0.2, 0.25) is 0 Å². The number of hydrogen-bond acceptors (Lipinski definition) is 3. The largest absolute Gasteiger partial charge is 0.393 e.